The van der Waals surface area contributed by atoms with Gasteiger partial charge in [0.05, 0.1) is 0 Å². The third kappa shape index (κ3) is 5.92. The molecule has 0 saturated carbocycles. The molecule has 0 aliphatic heterocycles. The second-order valence-corrected chi connectivity index (χ2v) is 6.03. The maximum atomic E-state index is 3.51. The fraction of sp³-hybridized carbons (Fsp3) is 0.538. The summed E-state index contributed by atoms with van der Waals surface area (Å²) in [5, 5.41) is 3.51. The fourth-order valence-corrected chi connectivity index (χ4v) is 3.05. The van der Waals surface area contributed by atoms with Crippen molar-refractivity contribution in [2.24, 2.45) is 0 Å². The predicted molar refractivity (Wildman–Crippen MR) is 77.2 cm³/mol. The molecule has 3 heteroatoms. The van der Waals surface area contributed by atoms with Crippen LogP contribution in [0.1, 0.15) is 26.7 Å². The van der Waals surface area contributed by atoms with Gasteiger partial charge in [-0.05, 0) is 50.3 Å². The summed E-state index contributed by atoms with van der Waals surface area (Å²) in [7, 11) is 0. The Kier molecular flexibility index (Phi) is 7.17. The van der Waals surface area contributed by atoms with E-state index in [4.69, 9.17) is 0 Å². The summed E-state index contributed by atoms with van der Waals surface area (Å²) in [5.74, 6) is 1.17. The van der Waals surface area contributed by atoms with Gasteiger partial charge in [-0.15, -0.1) is 11.8 Å². The highest BCUT2D eigenvalue weighted by atomic mass is 79.9. The molecule has 1 aromatic rings. The van der Waals surface area contributed by atoms with E-state index < -0.39 is 0 Å². The van der Waals surface area contributed by atoms with E-state index in [9.17, 15) is 0 Å². The first-order valence-corrected chi connectivity index (χ1v) is 7.62. The van der Waals surface area contributed by atoms with Crippen molar-refractivity contribution < 1.29 is 0 Å². The number of halogens is 1. The van der Waals surface area contributed by atoms with Crippen molar-refractivity contribution in [3.63, 3.8) is 0 Å². The number of hydrogen-bond donors (Lipinski definition) is 1. The van der Waals surface area contributed by atoms with Gasteiger partial charge in [0, 0.05) is 15.4 Å². The van der Waals surface area contributed by atoms with E-state index in [-0.39, 0.29) is 0 Å². The van der Waals surface area contributed by atoms with Gasteiger partial charge in [-0.25, -0.2) is 0 Å². The topological polar surface area (TPSA) is 12.0 Å². The van der Waals surface area contributed by atoms with Crippen molar-refractivity contribution in [3.05, 3.63) is 28.7 Å². The molecule has 0 radical (unpaired) electrons. The smallest absolute Gasteiger partial charge is 0.0186 e. The predicted octanol–water partition coefficient (Wildman–Crippen LogP) is 4.32. The molecule has 0 spiro atoms. The van der Waals surface area contributed by atoms with E-state index in [1.807, 2.05) is 11.8 Å². The van der Waals surface area contributed by atoms with E-state index >= 15 is 0 Å². The molecule has 0 aliphatic carbocycles. The van der Waals surface area contributed by atoms with Gasteiger partial charge in [0.2, 0.25) is 0 Å². The number of hydrogen-bond acceptors (Lipinski definition) is 2. The maximum absolute atomic E-state index is 3.51. The Morgan fingerprint density at radius 3 is 2.94 bits per heavy atom. The minimum Gasteiger partial charge on any atom is -0.314 e. The SMILES string of the molecule is CCCNC(C)CCSc1cccc(Br)c1. The van der Waals surface area contributed by atoms with Gasteiger partial charge < -0.3 is 5.32 Å². The van der Waals surface area contributed by atoms with E-state index in [1.54, 1.807) is 0 Å². The molecule has 16 heavy (non-hydrogen) atoms. The number of thioether (sulfide) groups is 1. The summed E-state index contributed by atoms with van der Waals surface area (Å²) in [6.07, 6.45) is 2.43. The lowest BCUT2D eigenvalue weighted by Crippen LogP contribution is -2.27. The lowest BCUT2D eigenvalue weighted by molar-refractivity contribution is 0.536. The zero-order valence-electron chi connectivity index (χ0n) is 10.0. The Morgan fingerprint density at radius 2 is 2.25 bits per heavy atom. The van der Waals surface area contributed by atoms with Crippen LogP contribution in [0.25, 0.3) is 0 Å². The third-order valence-electron chi connectivity index (χ3n) is 2.36. The van der Waals surface area contributed by atoms with Crippen molar-refractivity contribution >= 4 is 27.7 Å². The Labute approximate surface area is 112 Å². The van der Waals surface area contributed by atoms with Crippen molar-refractivity contribution in [1.29, 1.82) is 0 Å². The van der Waals surface area contributed by atoms with Gasteiger partial charge in [-0.1, -0.05) is 28.9 Å². The van der Waals surface area contributed by atoms with Crippen LogP contribution >= 0.6 is 27.7 Å². The van der Waals surface area contributed by atoms with Crippen LogP contribution in [0, 0.1) is 0 Å². The van der Waals surface area contributed by atoms with Crippen LogP contribution < -0.4 is 5.32 Å². The number of rotatable bonds is 7. The molecule has 0 bridgehead atoms. The van der Waals surface area contributed by atoms with Crippen LogP contribution in [0.4, 0.5) is 0 Å². The quantitative estimate of drug-likeness (QED) is 0.753. The van der Waals surface area contributed by atoms with Gasteiger partial charge in [0.25, 0.3) is 0 Å². The first-order chi connectivity index (χ1) is 7.72. The first-order valence-electron chi connectivity index (χ1n) is 5.84. The van der Waals surface area contributed by atoms with E-state index in [0.717, 1.165) is 11.0 Å². The molecule has 1 rings (SSSR count). The average Bonchev–Trinajstić information content (AvgIpc) is 2.26. The molecule has 1 N–H and O–H groups in total. The Bertz CT molecular complexity index is 304. The maximum Gasteiger partial charge on any atom is 0.0186 e. The van der Waals surface area contributed by atoms with Gasteiger partial charge in [-0.2, -0.15) is 0 Å². The molecule has 1 nitrogen and oxygen atoms in total. The highest BCUT2D eigenvalue weighted by Gasteiger charge is 2.01. The fourth-order valence-electron chi connectivity index (χ4n) is 1.40. The molecule has 90 valence electrons. The second-order valence-electron chi connectivity index (χ2n) is 3.95. The standard InChI is InChI=1S/C13H20BrNS/c1-3-8-15-11(2)7-9-16-13-6-4-5-12(14)10-13/h4-6,10-11,15H,3,7-9H2,1-2H3. The van der Waals surface area contributed by atoms with Crippen LogP contribution in [0.2, 0.25) is 0 Å². The first kappa shape index (κ1) is 14.1. The Morgan fingerprint density at radius 1 is 1.44 bits per heavy atom. The Hall–Kier alpha value is 0.01000. The molecule has 0 aromatic heterocycles. The molecule has 0 heterocycles. The lowest BCUT2D eigenvalue weighted by Gasteiger charge is -2.12. The van der Waals surface area contributed by atoms with Crippen molar-refractivity contribution in [3.8, 4) is 0 Å². The van der Waals surface area contributed by atoms with Gasteiger partial charge in [-0.3, -0.25) is 0 Å². The van der Waals surface area contributed by atoms with Crippen LogP contribution in [-0.4, -0.2) is 18.3 Å². The van der Waals surface area contributed by atoms with Crippen molar-refractivity contribution in [1.82, 2.24) is 5.32 Å². The van der Waals surface area contributed by atoms with Gasteiger partial charge in [0.1, 0.15) is 0 Å². The summed E-state index contributed by atoms with van der Waals surface area (Å²) in [4.78, 5) is 1.34. The van der Waals surface area contributed by atoms with Crippen molar-refractivity contribution in [2.45, 2.75) is 37.6 Å². The van der Waals surface area contributed by atoms with Gasteiger partial charge >= 0.3 is 0 Å². The van der Waals surface area contributed by atoms with Crippen LogP contribution in [-0.2, 0) is 0 Å². The monoisotopic (exact) mass is 301 g/mol. The molecular formula is C13H20BrNS. The summed E-state index contributed by atoms with van der Waals surface area (Å²) >= 11 is 5.42. The molecule has 1 unspecified atom stereocenters. The molecular weight excluding hydrogens is 282 g/mol. The van der Waals surface area contributed by atoms with E-state index in [2.05, 4.69) is 59.4 Å². The zero-order chi connectivity index (χ0) is 11.8. The third-order valence-corrected chi connectivity index (χ3v) is 3.88. The zero-order valence-corrected chi connectivity index (χ0v) is 12.4. The van der Waals surface area contributed by atoms with Gasteiger partial charge in [0.15, 0.2) is 0 Å². The molecule has 0 aliphatic rings. The average molecular weight is 302 g/mol. The van der Waals surface area contributed by atoms with Crippen LogP contribution in [0.15, 0.2) is 33.6 Å². The van der Waals surface area contributed by atoms with Crippen LogP contribution in [0.5, 0.6) is 0 Å². The summed E-state index contributed by atoms with van der Waals surface area (Å²) in [6, 6.07) is 9.12. The second kappa shape index (κ2) is 8.15. The van der Waals surface area contributed by atoms with Crippen molar-refractivity contribution in [2.75, 3.05) is 12.3 Å². The number of nitrogens with one attached hydrogen (secondary N) is 1. The van der Waals surface area contributed by atoms with E-state index in [1.165, 1.54) is 23.5 Å². The highest BCUT2D eigenvalue weighted by molar-refractivity contribution is 9.10. The Balaban J connectivity index is 2.20. The normalized spacial score (nSPS) is 12.7. The molecule has 0 amide bonds. The molecule has 1 aromatic carbocycles. The minimum absolute atomic E-state index is 0.625. The van der Waals surface area contributed by atoms with E-state index in [0.29, 0.717) is 6.04 Å². The minimum atomic E-state index is 0.625. The molecule has 0 fully saturated rings. The highest BCUT2D eigenvalue weighted by Crippen LogP contribution is 2.22. The largest absolute Gasteiger partial charge is 0.314 e. The summed E-state index contributed by atoms with van der Waals surface area (Å²) < 4.78 is 1.16. The van der Waals surface area contributed by atoms with Crippen LogP contribution in [0.3, 0.4) is 0 Å². The summed E-state index contributed by atoms with van der Waals surface area (Å²) in [5.41, 5.74) is 0. The summed E-state index contributed by atoms with van der Waals surface area (Å²) in [6.45, 7) is 5.59. The molecule has 1 atom stereocenters. The lowest BCUT2D eigenvalue weighted by atomic mass is 10.2. The molecule has 0 saturated heterocycles. The number of benzene rings is 1.